The zero-order chi connectivity index (χ0) is 23.8. The van der Waals surface area contributed by atoms with E-state index in [1.54, 1.807) is 32.5 Å². The molecule has 30 heavy (non-hydrogen) atoms. The maximum Gasteiger partial charge on any atom is 0.472 e. The summed E-state index contributed by atoms with van der Waals surface area (Å²) in [6, 6.07) is 0. The van der Waals surface area contributed by atoms with Gasteiger partial charge in [0.2, 0.25) is 11.8 Å². The molecule has 0 bridgehead atoms. The average Bonchev–Trinajstić information content (AvgIpc) is 2.53. The van der Waals surface area contributed by atoms with E-state index in [2.05, 4.69) is 31.4 Å². The van der Waals surface area contributed by atoms with Crippen molar-refractivity contribution in [2.24, 2.45) is 5.41 Å². The molecule has 0 heterocycles. The third-order valence-corrected chi connectivity index (χ3v) is 6.10. The highest BCUT2D eigenvalue weighted by molar-refractivity contribution is 8.00. The maximum atomic E-state index is 12.2. The lowest BCUT2D eigenvalue weighted by atomic mass is 9.87. The molecular weight excluding hydrogens is 431 g/mol. The number of aliphatic hydroxyl groups is 1. The number of amides is 2. The van der Waals surface area contributed by atoms with E-state index in [1.165, 1.54) is 13.8 Å². The summed E-state index contributed by atoms with van der Waals surface area (Å²) in [5.74, 6) is -0.0889. The van der Waals surface area contributed by atoms with E-state index in [1.807, 2.05) is 0 Å². The van der Waals surface area contributed by atoms with E-state index in [9.17, 15) is 24.2 Å². The van der Waals surface area contributed by atoms with Crippen LogP contribution < -0.4 is 10.6 Å². The Balaban J connectivity index is 4.35. The van der Waals surface area contributed by atoms with Gasteiger partial charge in [0.1, 0.15) is 6.10 Å². The number of carbonyl (C=O) groups is 2. The minimum atomic E-state index is -4.34. The van der Waals surface area contributed by atoms with E-state index in [4.69, 9.17) is 9.05 Å². The number of rotatable bonds is 12. The maximum absolute atomic E-state index is 12.2. The first kappa shape index (κ1) is 29.4. The summed E-state index contributed by atoms with van der Waals surface area (Å²) in [6.07, 6.45) is -1.42. The number of phosphoric ester groups is 1. The van der Waals surface area contributed by atoms with Gasteiger partial charge in [-0.3, -0.25) is 18.6 Å². The highest BCUT2D eigenvalue weighted by Gasteiger charge is 2.38. The molecule has 0 aromatic rings. The summed E-state index contributed by atoms with van der Waals surface area (Å²) in [7, 11) is -4.34. The molecule has 4 N–H and O–H groups in total. The summed E-state index contributed by atoms with van der Waals surface area (Å²) < 4.78 is 22.0. The Morgan fingerprint density at radius 2 is 1.60 bits per heavy atom. The third kappa shape index (κ3) is 14.4. The van der Waals surface area contributed by atoms with Gasteiger partial charge < -0.3 is 20.6 Å². The molecule has 178 valence electrons. The standard InChI is InChI=1S/C19H39N2O7PS/c1-17(2,3)28-29(25,26)27-13-19(7,8)15(23)16(24)21-10-9-14(22)20-11-12-30-18(4,5)6/h15,23H,9-13H2,1-8H3,(H,20,22)(H,21,24)(H,25,26). The molecule has 0 fully saturated rings. The Hall–Kier alpha value is -0.640. The van der Waals surface area contributed by atoms with Crippen LogP contribution in [0.15, 0.2) is 0 Å². The Morgan fingerprint density at radius 1 is 1.03 bits per heavy atom. The van der Waals surface area contributed by atoms with Crippen LogP contribution in [0.2, 0.25) is 0 Å². The van der Waals surface area contributed by atoms with Crippen molar-refractivity contribution < 1.29 is 33.2 Å². The fraction of sp³-hybridized carbons (Fsp3) is 0.895. The summed E-state index contributed by atoms with van der Waals surface area (Å²) in [5.41, 5.74) is -2.05. The van der Waals surface area contributed by atoms with Crippen molar-refractivity contribution in [2.45, 2.75) is 78.3 Å². The Bertz CT molecular complexity index is 615. The van der Waals surface area contributed by atoms with Crippen molar-refractivity contribution in [1.82, 2.24) is 10.6 Å². The SMILES string of the molecule is CC(C)(C)OP(=O)(O)OCC(C)(C)C(O)C(=O)NCCC(=O)NCCSC(C)(C)C. The summed E-state index contributed by atoms with van der Waals surface area (Å²) in [4.78, 5) is 33.7. The van der Waals surface area contributed by atoms with Gasteiger partial charge in [-0.2, -0.15) is 11.8 Å². The molecule has 0 rings (SSSR count). The second-order valence-corrected chi connectivity index (χ2v) is 13.0. The first-order valence-electron chi connectivity index (χ1n) is 9.89. The zero-order valence-corrected chi connectivity index (χ0v) is 21.1. The minimum Gasteiger partial charge on any atom is -0.383 e. The van der Waals surface area contributed by atoms with Gasteiger partial charge in [-0.1, -0.05) is 34.6 Å². The molecule has 0 spiro atoms. The molecule has 0 saturated carbocycles. The number of nitrogens with one attached hydrogen (secondary N) is 2. The van der Waals surface area contributed by atoms with Gasteiger partial charge in [0, 0.05) is 35.4 Å². The summed E-state index contributed by atoms with van der Waals surface area (Å²) in [6.45, 7) is 14.4. The number of aliphatic hydroxyl groups excluding tert-OH is 1. The minimum absolute atomic E-state index is 0.0662. The molecule has 0 radical (unpaired) electrons. The second-order valence-electron chi connectivity index (χ2n) is 9.69. The fourth-order valence-corrected chi connectivity index (χ4v) is 4.14. The number of phosphoric acid groups is 1. The van der Waals surface area contributed by atoms with Crippen LogP contribution in [0, 0.1) is 5.41 Å². The average molecular weight is 471 g/mol. The van der Waals surface area contributed by atoms with Gasteiger partial charge >= 0.3 is 7.82 Å². The number of hydrogen-bond acceptors (Lipinski definition) is 7. The van der Waals surface area contributed by atoms with Crippen molar-refractivity contribution >= 4 is 31.4 Å². The van der Waals surface area contributed by atoms with E-state index in [0.29, 0.717) is 6.54 Å². The lowest BCUT2D eigenvalue weighted by Crippen LogP contribution is -2.46. The molecular formula is C19H39N2O7PS. The molecule has 9 nitrogen and oxygen atoms in total. The molecule has 2 atom stereocenters. The van der Waals surface area contributed by atoms with Crippen LogP contribution in [-0.2, 0) is 23.2 Å². The van der Waals surface area contributed by atoms with Crippen molar-refractivity contribution in [3.63, 3.8) is 0 Å². The number of carbonyl (C=O) groups excluding carboxylic acids is 2. The van der Waals surface area contributed by atoms with E-state index < -0.39 is 30.8 Å². The number of thioether (sulfide) groups is 1. The molecule has 0 aromatic carbocycles. The Morgan fingerprint density at radius 3 is 2.10 bits per heavy atom. The molecule has 0 aliphatic heterocycles. The zero-order valence-electron chi connectivity index (χ0n) is 19.4. The van der Waals surface area contributed by atoms with Crippen molar-refractivity contribution in [3.8, 4) is 0 Å². The number of hydrogen-bond donors (Lipinski definition) is 4. The second kappa shape index (κ2) is 11.8. The van der Waals surface area contributed by atoms with Crippen LogP contribution in [0.5, 0.6) is 0 Å². The van der Waals surface area contributed by atoms with Crippen molar-refractivity contribution in [2.75, 3.05) is 25.4 Å². The molecule has 0 aromatic heterocycles. The lowest BCUT2D eigenvalue weighted by Gasteiger charge is -2.31. The van der Waals surface area contributed by atoms with Crippen LogP contribution in [-0.4, -0.2) is 63.7 Å². The van der Waals surface area contributed by atoms with Crippen LogP contribution in [0.4, 0.5) is 0 Å². The predicted octanol–water partition coefficient (Wildman–Crippen LogP) is 2.46. The normalized spacial score (nSPS) is 15.9. The van der Waals surface area contributed by atoms with Crippen molar-refractivity contribution in [1.29, 1.82) is 0 Å². The highest BCUT2D eigenvalue weighted by Crippen LogP contribution is 2.48. The van der Waals surface area contributed by atoms with Gasteiger partial charge in [0.05, 0.1) is 12.2 Å². The Kier molecular flexibility index (Phi) is 11.6. The monoisotopic (exact) mass is 470 g/mol. The predicted molar refractivity (Wildman–Crippen MR) is 119 cm³/mol. The molecule has 0 aliphatic rings. The van der Waals surface area contributed by atoms with Crippen LogP contribution in [0.3, 0.4) is 0 Å². The quantitative estimate of drug-likeness (QED) is 0.252. The van der Waals surface area contributed by atoms with Gasteiger partial charge in [-0.05, 0) is 20.8 Å². The fourth-order valence-electron chi connectivity index (χ4n) is 2.09. The van der Waals surface area contributed by atoms with Gasteiger partial charge in [0.15, 0.2) is 0 Å². The van der Waals surface area contributed by atoms with Crippen LogP contribution in [0.25, 0.3) is 0 Å². The first-order chi connectivity index (χ1) is 13.3. The van der Waals surface area contributed by atoms with Crippen LogP contribution in [0.1, 0.15) is 61.8 Å². The Labute approximate surface area is 184 Å². The largest absolute Gasteiger partial charge is 0.472 e. The molecule has 11 heteroatoms. The topological polar surface area (TPSA) is 134 Å². The molecule has 2 amide bonds. The summed E-state index contributed by atoms with van der Waals surface area (Å²) in [5, 5.41) is 15.6. The van der Waals surface area contributed by atoms with E-state index in [0.717, 1.165) is 5.75 Å². The van der Waals surface area contributed by atoms with Crippen molar-refractivity contribution in [3.05, 3.63) is 0 Å². The van der Waals surface area contributed by atoms with Crippen LogP contribution >= 0.6 is 19.6 Å². The smallest absolute Gasteiger partial charge is 0.383 e. The van der Waals surface area contributed by atoms with Gasteiger partial charge in [0.25, 0.3) is 0 Å². The molecule has 2 unspecified atom stereocenters. The first-order valence-corrected chi connectivity index (χ1v) is 12.4. The third-order valence-electron chi connectivity index (χ3n) is 3.59. The van der Waals surface area contributed by atoms with Gasteiger partial charge in [-0.15, -0.1) is 0 Å². The molecule has 0 saturated heterocycles. The van der Waals surface area contributed by atoms with E-state index >= 15 is 0 Å². The van der Waals surface area contributed by atoms with E-state index in [-0.39, 0.29) is 30.2 Å². The molecule has 0 aliphatic carbocycles. The summed E-state index contributed by atoms with van der Waals surface area (Å²) >= 11 is 1.74. The lowest BCUT2D eigenvalue weighted by molar-refractivity contribution is -0.137. The highest BCUT2D eigenvalue weighted by atomic mass is 32.2. The van der Waals surface area contributed by atoms with Gasteiger partial charge in [-0.25, -0.2) is 4.57 Å².